The second-order valence-electron chi connectivity index (χ2n) is 1.61. The van der Waals surface area contributed by atoms with Crippen LogP contribution in [0.5, 0.6) is 0 Å². The molecule has 0 fully saturated rings. The van der Waals surface area contributed by atoms with Crippen LogP contribution in [0, 0.1) is 5.92 Å². The molecular formula is C5H10O2S. The minimum Gasteiger partial charge on any atom is -0.469 e. The number of hydrogen-bond donors (Lipinski definition) is 1. The number of carbonyl (C=O) groups excluding carboxylic acids is 1. The lowest BCUT2D eigenvalue weighted by atomic mass is 10.2. The first-order valence-corrected chi connectivity index (χ1v) is 3.04. The second kappa shape index (κ2) is 3.78. The molecule has 0 aromatic heterocycles. The molecule has 0 amide bonds. The number of carbonyl (C=O) groups is 1. The van der Waals surface area contributed by atoms with Crippen LogP contribution >= 0.6 is 12.6 Å². The Labute approximate surface area is 54.6 Å². The zero-order valence-electron chi connectivity index (χ0n) is 5.05. The predicted molar refractivity (Wildman–Crippen MR) is 35.0 cm³/mol. The van der Waals surface area contributed by atoms with Crippen LogP contribution in [0.1, 0.15) is 6.92 Å². The first-order chi connectivity index (χ1) is 3.72. The molecule has 1 atom stereocenters. The van der Waals surface area contributed by atoms with Gasteiger partial charge in [0, 0.05) is 5.75 Å². The van der Waals surface area contributed by atoms with Crippen LogP contribution in [0.15, 0.2) is 0 Å². The largest absolute Gasteiger partial charge is 0.469 e. The molecule has 2 nitrogen and oxygen atoms in total. The van der Waals surface area contributed by atoms with Gasteiger partial charge in [-0.3, -0.25) is 4.79 Å². The highest BCUT2D eigenvalue weighted by molar-refractivity contribution is 7.80. The van der Waals surface area contributed by atoms with E-state index in [0.29, 0.717) is 5.75 Å². The van der Waals surface area contributed by atoms with Crippen molar-refractivity contribution >= 4 is 18.6 Å². The van der Waals surface area contributed by atoms with Crippen LogP contribution in [0.3, 0.4) is 0 Å². The highest BCUT2D eigenvalue weighted by atomic mass is 32.1. The highest BCUT2D eigenvalue weighted by Crippen LogP contribution is 1.98. The summed E-state index contributed by atoms with van der Waals surface area (Å²) in [5.41, 5.74) is 0. The van der Waals surface area contributed by atoms with Gasteiger partial charge in [0.15, 0.2) is 0 Å². The van der Waals surface area contributed by atoms with Crippen LogP contribution in [-0.2, 0) is 9.53 Å². The Morgan fingerprint density at radius 3 is 2.50 bits per heavy atom. The molecule has 48 valence electrons. The lowest BCUT2D eigenvalue weighted by Gasteiger charge is -2.02. The quantitative estimate of drug-likeness (QED) is 0.445. The van der Waals surface area contributed by atoms with E-state index in [1.54, 1.807) is 6.92 Å². The minimum atomic E-state index is -0.194. The smallest absolute Gasteiger partial charge is 0.309 e. The van der Waals surface area contributed by atoms with Crippen LogP contribution in [0.25, 0.3) is 0 Å². The summed E-state index contributed by atoms with van der Waals surface area (Å²) in [5, 5.41) is 0. The molecule has 0 aromatic carbocycles. The Bertz CT molecular complexity index is 82.5. The molecule has 0 aliphatic carbocycles. The molecule has 3 heteroatoms. The van der Waals surface area contributed by atoms with Gasteiger partial charge >= 0.3 is 5.97 Å². The Kier molecular flexibility index (Phi) is 3.69. The van der Waals surface area contributed by atoms with E-state index in [0.717, 1.165) is 0 Å². The van der Waals surface area contributed by atoms with Crippen molar-refractivity contribution in [3.05, 3.63) is 0 Å². The summed E-state index contributed by atoms with van der Waals surface area (Å²) in [4.78, 5) is 10.5. The van der Waals surface area contributed by atoms with Crippen molar-refractivity contribution in [3.8, 4) is 0 Å². The molecule has 0 rings (SSSR count). The molecule has 0 unspecified atom stereocenters. The predicted octanol–water partition coefficient (Wildman–Crippen LogP) is 0.725. The molecule has 0 aromatic rings. The summed E-state index contributed by atoms with van der Waals surface area (Å²) in [6, 6.07) is 0. The molecule has 0 bridgehead atoms. The van der Waals surface area contributed by atoms with E-state index in [4.69, 9.17) is 0 Å². The number of esters is 1. The van der Waals surface area contributed by atoms with Gasteiger partial charge in [-0.2, -0.15) is 12.6 Å². The van der Waals surface area contributed by atoms with E-state index < -0.39 is 0 Å². The zero-order valence-corrected chi connectivity index (χ0v) is 5.94. The van der Waals surface area contributed by atoms with Gasteiger partial charge in [0.2, 0.25) is 0 Å². The van der Waals surface area contributed by atoms with Gasteiger partial charge in [-0.25, -0.2) is 0 Å². The molecule has 0 spiro atoms. The average molecular weight is 134 g/mol. The van der Waals surface area contributed by atoms with Gasteiger partial charge in [0.05, 0.1) is 13.0 Å². The Morgan fingerprint density at radius 1 is 1.88 bits per heavy atom. The maximum atomic E-state index is 10.5. The number of ether oxygens (including phenoxy) is 1. The molecule has 0 saturated carbocycles. The third-order valence-electron chi connectivity index (χ3n) is 0.877. The third-order valence-corrected chi connectivity index (χ3v) is 1.43. The van der Waals surface area contributed by atoms with Gasteiger partial charge in [0.1, 0.15) is 0 Å². The zero-order chi connectivity index (χ0) is 6.57. The van der Waals surface area contributed by atoms with Crippen molar-refractivity contribution < 1.29 is 9.53 Å². The van der Waals surface area contributed by atoms with E-state index in [-0.39, 0.29) is 11.9 Å². The summed E-state index contributed by atoms with van der Waals surface area (Å²) in [6.07, 6.45) is 0. The van der Waals surface area contributed by atoms with Gasteiger partial charge in [-0.05, 0) is 0 Å². The van der Waals surface area contributed by atoms with Crippen molar-refractivity contribution in [2.75, 3.05) is 12.9 Å². The normalized spacial score (nSPS) is 12.9. The maximum Gasteiger partial charge on any atom is 0.309 e. The SMILES string of the molecule is COC(=O)[C@H](C)CS. The molecule has 0 N–H and O–H groups in total. The summed E-state index contributed by atoms with van der Waals surface area (Å²) in [5.74, 6) is 0.274. The highest BCUT2D eigenvalue weighted by Gasteiger charge is 2.08. The fourth-order valence-corrected chi connectivity index (χ4v) is 0.425. The number of thiol groups is 1. The van der Waals surface area contributed by atoms with Crippen LogP contribution < -0.4 is 0 Å². The van der Waals surface area contributed by atoms with Gasteiger partial charge in [0.25, 0.3) is 0 Å². The van der Waals surface area contributed by atoms with Crippen molar-refractivity contribution in [1.29, 1.82) is 0 Å². The van der Waals surface area contributed by atoms with E-state index >= 15 is 0 Å². The lowest BCUT2D eigenvalue weighted by molar-refractivity contribution is -0.143. The summed E-state index contributed by atoms with van der Waals surface area (Å²) in [6.45, 7) is 1.78. The third kappa shape index (κ3) is 2.21. The van der Waals surface area contributed by atoms with E-state index in [2.05, 4.69) is 17.4 Å². The Balaban J connectivity index is 3.46. The summed E-state index contributed by atoms with van der Waals surface area (Å²) < 4.78 is 4.42. The number of methoxy groups -OCH3 is 1. The first-order valence-electron chi connectivity index (χ1n) is 2.41. The topological polar surface area (TPSA) is 26.3 Å². The van der Waals surface area contributed by atoms with Gasteiger partial charge in [-0.15, -0.1) is 0 Å². The van der Waals surface area contributed by atoms with Gasteiger partial charge < -0.3 is 4.74 Å². The molecule has 0 aliphatic heterocycles. The second-order valence-corrected chi connectivity index (χ2v) is 1.97. The average Bonchev–Trinajstić information content (AvgIpc) is 1.84. The van der Waals surface area contributed by atoms with Gasteiger partial charge in [-0.1, -0.05) is 6.92 Å². The monoisotopic (exact) mass is 134 g/mol. The summed E-state index contributed by atoms with van der Waals surface area (Å²) in [7, 11) is 1.38. The van der Waals surface area contributed by atoms with Crippen LogP contribution in [0.2, 0.25) is 0 Å². The van der Waals surface area contributed by atoms with Crippen molar-refractivity contribution in [2.45, 2.75) is 6.92 Å². The Hall–Kier alpha value is -0.180. The van der Waals surface area contributed by atoms with E-state index in [1.165, 1.54) is 7.11 Å². The molecule has 8 heavy (non-hydrogen) atoms. The van der Waals surface area contributed by atoms with E-state index in [9.17, 15) is 4.79 Å². The van der Waals surface area contributed by atoms with Crippen molar-refractivity contribution in [2.24, 2.45) is 5.92 Å². The molecular weight excluding hydrogens is 124 g/mol. The fourth-order valence-electron chi connectivity index (χ4n) is 0.276. The van der Waals surface area contributed by atoms with E-state index in [1.807, 2.05) is 0 Å². The number of hydrogen-bond acceptors (Lipinski definition) is 3. The molecule has 0 aliphatic rings. The Morgan fingerprint density at radius 2 is 2.38 bits per heavy atom. The maximum absolute atomic E-state index is 10.5. The van der Waals surface area contributed by atoms with Crippen molar-refractivity contribution in [3.63, 3.8) is 0 Å². The standard InChI is InChI=1S/C5H10O2S/c1-4(3-8)5(6)7-2/h4,8H,3H2,1-2H3/t4-/m1/s1. The minimum absolute atomic E-state index is 0.0802. The number of rotatable bonds is 2. The molecule has 0 radical (unpaired) electrons. The van der Waals surface area contributed by atoms with Crippen LogP contribution in [0.4, 0.5) is 0 Å². The summed E-state index contributed by atoms with van der Waals surface area (Å²) >= 11 is 3.91. The fraction of sp³-hybridized carbons (Fsp3) is 0.800. The van der Waals surface area contributed by atoms with Crippen LogP contribution in [-0.4, -0.2) is 18.8 Å². The van der Waals surface area contributed by atoms with Crippen molar-refractivity contribution in [1.82, 2.24) is 0 Å². The first kappa shape index (κ1) is 7.82. The molecule has 0 heterocycles. The molecule has 0 saturated heterocycles. The lowest BCUT2D eigenvalue weighted by Crippen LogP contribution is -2.13.